The van der Waals surface area contributed by atoms with Crippen LogP contribution in [-0.4, -0.2) is 15.7 Å². The van der Waals surface area contributed by atoms with Gasteiger partial charge in [0, 0.05) is 6.54 Å². The van der Waals surface area contributed by atoms with Gasteiger partial charge in [-0.15, -0.1) is 0 Å². The molecule has 0 aliphatic heterocycles. The van der Waals surface area contributed by atoms with E-state index in [1.54, 1.807) is 6.07 Å². The summed E-state index contributed by atoms with van der Waals surface area (Å²) in [5, 5.41) is 0.502. The number of benzene rings is 3. The first-order chi connectivity index (χ1) is 14.8. The molecule has 0 amide bonds. The average molecular weight is 465 g/mol. The summed E-state index contributed by atoms with van der Waals surface area (Å²) >= 11 is 12.1. The Morgan fingerprint density at radius 1 is 0.871 bits per heavy atom. The van der Waals surface area contributed by atoms with Gasteiger partial charge in [0.15, 0.2) is 0 Å². The van der Waals surface area contributed by atoms with Crippen molar-refractivity contribution in [3.8, 4) is 5.75 Å². The zero-order valence-electron chi connectivity index (χ0n) is 16.2. The molecular formula is C23H17Cl2F3N2O. The maximum absolute atomic E-state index is 13.1. The highest BCUT2D eigenvalue weighted by Gasteiger charge is 2.31. The Hall–Kier alpha value is -2.70. The van der Waals surface area contributed by atoms with Gasteiger partial charge in [-0.2, -0.15) is 13.2 Å². The molecule has 160 valence electrons. The number of hydrogen-bond acceptors (Lipinski definition) is 2. The zero-order valence-corrected chi connectivity index (χ0v) is 17.7. The van der Waals surface area contributed by atoms with E-state index in [0.717, 1.165) is 11.1 Å². The largest absolute Gasteiger partial charge is 0.489 e. The maximum atomic E-state index is 13.1. The lowest BCUT2D eigenvalue weighted by atomic mass is 10.2. The second-order valence-electron chi connectivity index (χ2n) is 7.08. The highest BCUT2D eigenvalue weighted by molar-refractivity contribution is 6.42. The summed E-state index contributed by atoms with van der Waals surface area (Å²) in [4.78, 5) is 4.16. The van der Waals surface area contributed by atoms with Crippen molar-refractivity contribution in [3.63, 3.8) is 0 Å². The molecular weight excluding hydrogens is 448 g/mol. The van der Waals surface area contributed by atoms with Crippen LogP contribution in [-0.2, 0) is 19.6 Å². The Morgan fingerprint density at radius 3 is 2.32 bits per heavy atom. The van der Waals surface area contributed by atoms with Gasteiger partial charge in [-0.1, -0.05) is 65.7 Å². The molecule has 0 fully saturated rings. The van der Waals surface area contributed by atoms with Crippen LogP contribution in [0, 0.1) is 0 Å². The van der Waals surface area contributed by atoms with Gasteiger partial charge in [0.1, 0.15) is 24.6 Å². The minimum Gasteiger partial charge on any atom is -0.489 e. The molecule has 0 spiro atoms. The first-order valence-corrected chi connectivity index (χ1v) is 10.2. The van der Waals surface area contributed by atoms with Crippen molar-refractivity contribution in [2.45, 2.75) is 25.7 Å². The van der Waals surface area contributed by atoms with Gasteiger partial charge < -0.3 is 9.30 Å². The van der Waals surface area contributed by atoms with E-state index in [1.807, 2.05) is 54.6 Å². The Labute approximate surface area is 187 Å². The summed E-state index contributed by atoms with van der Waals surface area (Å²) in [6.07, 6.45) is -5.55. The third-order valence-corrected chi connectivity index (χ3v) is 5.44. The smallest absolute Gasteiger partial charge is 0.396 e. The molecule has 0 bridgehead atoms. The number of nitrogens with zero attached hydrogens (tertiary/aromatic N) is 2. The number of aromatic nitrogens is 2. The summed E-state index contributed by atoms with van der Waals surface area (Å²) < 4.78 is 46.8. The van der Waals surface area contributed by atoms with Gasteiger partial charge in [-0.05, 0) is 35.4 Å². The quantitative estimate of drug-likeness (QED) is 0.305. The molecule has 3 aromatic carbocycles. The molecule has 0 atom stereocenters. The SMILES string of the molecule is FC(F)(F)Cc1nc2cc(Cl)c(Cl)cc2n1Cc1cccc(OCc2ccccc2)c1. The second-order valence-corrected chi connectivity index (χ2v) is 7.90. The summed E-state index contributed by atoms with van der Waals surface area (Å²) in [5.74, 6) is 0.528. The fraction of sp³-hybridized carbons (Fsp3) is 0.174. The minimum absolute atomic E-state index is 0.101. The number of rotatable bonds is 6. The van der Waals surface area contributed by atoms with Crippen LogP contribution in [0.3, 0.4) is 0 Å². The lowest BCUT2D eigenvalue weighted by Crippen LogP contribution is -2.16. The third-order valence-electron chi connectivity index (χ3n) is 4.72. The molecule has 3 nitrogen and oxygen atoms in total. The van der Waals surface area contributed by atoms with Crippen molar-refractivity contribution in [1.29, 1.82) is 0 Å². The molecule has 8 heteroatoms. The van der Waals surface area contributed by atoms with Gasteiger partial charge in [-0.3, -0.25) is 0 Å². The van der Waals surface area contributed by atoms with Crippen LogP contribution in [0.2, 0.25) is 10.0 Å². The van der Waals surface area contributed by atoms with Crippen molar-refractivity contribution < 1.29 is 17.9 Å². The third kappa shape index (κ3) is 5.32. The van der Waals surface area contributed by atoms with E-state index < -0.39 is 12.6 Å². The van der Waals surface area contributed by atoms with Crippen LogP contribution in [0.5, 0.6) is 5.75 Å². The number of hydrogen-bond donors (Lipinski definition) is 0. The van der Waals surface area contributed by atoms with Gasteiger partial charge >= 0.3 is 6.18 Å². The van der Waals surface area contributed by atoms with E-state index in [-0.39, 0.29) is 22.4 Å². The summed E-state index contributed by atoms with van der Waals surface area (Å²) in [5.41, 5.74) is 2.65. The molecule has 31 heavy (non-hydrogen) atoms. The van der Waals surface area contributed by atoms with E-state index in [9.17, 15) is 13.2 Å². The average Bonchev–Trinajstić information content (AvgIpc) is 3.02. The van der Waals surface area contributed by atoms with E-state index in [0.29, 0.717) is 23.4 Å². The Balaban J connectivity index is 1.64. The van der Waals surface area contributed by atoms with E-state index >= 15 is 0 Å². The van der Waals surface area contributed by atoms with Gasteiger partial charge in [0.05, 0.1) is 21.1 Å². The zero-order chi connectivity index (χ0) is 22.0. The van der Waals surface area contributed by atoms with Gasteiger partial charge in [0.2, 0.25) is 0 Å². The molecule has 0 radical (unpaired) electrons. The highest BCUT2D eigenvalue weighted by Crippen LogP contribution is 2.31. The second kappa shape index (κ2) is 8.81. The fourth-order valence-electron chi connectivity index (χ4n) is 3.32. The first kappa shape index (κ1) is 21.5. The molecule has 0 saturated carbocycles. The number of imidazole rings is 1. The van der Waals surface area contributed by atoms with Crippen LogP contribution in [0.1, 0.15) is 17.0 Å². The van der Waals surface area contributed by atoms with Crippen LogP contribution < -0.4 is 4.74 Å². The van der Waals surface area contributed by atoms with Crippen molar-refractivity contribution >= 4 is 34.2 Å². The van der Waals surface area contributed by atoms with E-state index in [4.69, 9.17) is 27.9 Å². The predicted molar refractivity (Wildman–Crippen MR) is 116 cm³/mol. The summed E-state index contributed by atoms with van der Waals surface area (Å²) in [6.45, 7) is 0.578. The van der Waals surface area contributed by atoms with Gasteiger partial charge in [-0.25, -0.2) is 4.98 Å². The normalized spacial score (nSPS) is 11.8. The maximum Gasteiger partial charge on any atom is 0.396 e. The molecule has 0 unspecified atom stereocenters. The van der Waals surface area contributed by atoms with Crippen molar-refractivity contribution in [2.24, 2.45) is 0 Å². The van der Waals surface area contributed by atoms with Crippen molar-refractivity contribution in [2.75, 3.05) is 0 Å². The lowest BCUT2D eigenvalue weighted by molar-refractivity contribution is -0.128. The molecule has 0 saturated heterocycles. The predicted octanol–water partition coefficient (Wildman–Crippen LogP) is 7.08. The molecule has 0 aliphatic rings. The number of fused-ring (bicyclic) bond motifs is 1. The van der Waals surface area contributed by atoms with Crippen molar-refractivity contribution in [1.82, 2.24) is 9.55 Å². The molecule has 1 aromatic heterocycles. The summed E-state index contributed by atoms with van der Waals surface area (Å²) in [7, 11) is 0. The topological polar surface area (TPSA) is 27.1 Å². The van der Waals surface area contributed by atoms with Crippen LogP contribution in [0.4, 0.5) is 13.2 Å². The Bertz CT molecular complexity index is 1210. The van der Waals surface area contributed by atoms with E-state index in [2.05, 4.69) is 4.98 Å². The number of alkyl halides is 3. The Kier molecular flexibility index (Phi) is 6.12. The standard InChI is InChI=1S/C23H17Cl2F3N2O/c24-18-10-20-21(11-19(18)25)30(22(29-20)12-23(26,27)28)13-16-7-4-8-17(9-16)31-14-15-5-2-1-3-6-15/h1-11H,12-14H2. The highest BCUT2D eigenvalue weighted by atomic mass is 35.5. The van der Waals surface area contributed by atoms with Crippen LogP contribution in [0.25, 0.3) is 11.0 Å². The minimum atomic E-state index is -4.40. The van der Waals surface area contributed by atoms with Crippen molar-refractivity contribution in [3.05, 3.63) is 93.7 Å². The van der Waals surface area contributed by atoms with E-state index in [1.165, 1.54) is 10.6 Å². The number of ether oxygens (including phenoxy) is 1. The lowest BCUT2D eigenvalue weighted by Gasteiger charge is -2.13. The first-order valence-electron chi connectivity index (χ1n) is 9.45. The Morgan fingerprint density at radius 2 is 1.58 bits per heavy atom. The molecule has 1 heterocycles. The molecule has 4 aromatic rings. The van der Waals surface area contributed by atoms with Crippen LogP contribution >= 0.6 is 23.2 Å². The van der Waals surface area contributed by atoms with Crippen LogP contribution in [0.15, 0.2) is 66.7 Å². The fourth-order valence-corrected chi connectivity index (χ4v) is 3.63. The summed E-state index contributed by atoms with van der Waals surface area (Å²) in [6, 6.07) is 20.0. The molecule has 0 aliphatic carbocycles. The van der Waals surface area contributed by atoms with Gasteiger partial charge in [0.25, 0.3) is 0 Å². The monoisotopic (exact) mass is 464 g/mol. The number of halogens is 5. The molecule has 0 N–H and O–H groups in total. The molecule has 4 rings (SSSR count).